The summed E-state index contributed by atoms with van der Waals surface area (Å²) in [6, 6.07) is 7.73. The molecular formula is C13H16N4O. The highest BCUT2D eigenvalue weighted by Gasteiger charge is 2.22. The molecule has 94 valence electrons. The third-order valence-corrected chi connectivity index (χ3v) is 3.59. The Morgan fingerprint density at radius 3 is 2.78 bits per heavy atom. The molecule has 3 rings (SSSR count). The minimum absolute atomic E-state index is 0.310. The number of hydrogen-bond donors (Lipinski definition) is 1. The predicted octanol–water partition coefficient (Wildman–Crippen LogP) is 1.56. The van der Waals surface area contributed by atoms with Gasteiger partial charge in [0.05, 0.1) is 6.54 Å². The number of phenols is 1. The monoisotopic (exact) mass is 244 g/mol. The predicted molar refractivity (Wildman–Crippen MR) is 67.0 cm³/mol. The molecule has 0 spiro atoms. The number of nitrogens with zero attached hydrogens (tertiary/aromatic N) is 4. The molecule has 1 aliphatic heterocycles. The summed E-state index contributed by atoms with van der Waals surface area (Å²) in [5.74, 6) is 1.33. The van der Waals surface area contributed by atoms with E-state index in [-0.39, 0.29) is 0 Å². The van der Waals surface area contributed by atoms with E-state index in [1.165, 1.54) is 5.56 Å². The maximum Gasteiger partial charge on any atom is 0.147 e. The van der Waals surface area contributed by atoms with Crippen LogP contribution in [-0.4, -0.2) is 31.3 Å². The molecule has 0 amide bonds. The van der Waals surface area contributed by atoms with Gasteiger partial charge in [-0.3, -0.25) is 4.90 Å². The van der Waals surface area contributed by atoms with Gasteiger partial charge >= 0.3 is 0 Å². The third kappa shape index (κ3) is 1.97. The van der Waals surface area contributed by atoms with Gasteiger partial charge in [0, 0.05) is 19.1 Å². The molecule has 18 heavy (non-hydrogen) atoms. The first kappa shape index (κ1) is 11.2. The Balaban J connectivity index is 1.78. The van der Waals surface area contributed by atoms with Crippen molar-refractivity contribution in [2.24, 2.45) is 0 Å². The van der Waals surface area contributed by atoms with Gasteiger partial charge in [-0.15, -0.1) is 10.2 Å². The highest BCUT2D eigenvalue weighted by Crippen LogP contribution is 2.25. The molecule has 0 fully saturated rings. The van der Waals surface area contributed by atoms with Crippen molar-refractivity contribution < 1.29 is 5.11 Å². The smallest absolute Gasteiger partial charge is 0.147 e. The summed E-state index contributed by atoms with van der Waals surface area (Å²) in [4.78, 5) is 2.37. The quantitative estimate of drug-likeness (QED) is 0.871. The van der Waals surface area contributed by atoms with Crippen LogP contribution in [0, 0.1) is 0 Å². The van der Waals surface area contributed by atoms with E-state index < -0.39 is 0 Å². The summed E-state index contributed by atoms with van der Waals surface area (Å²) in [5, 5.41) is 17.4. The first-order chi connectivity index (χ1) is 8.74. The minimum Gasteiger partial charge on any atom is -0.508 e. The van der Waals surface area contributed by atoms with Crippen LogP contribution in [0.5, 0.6) is 5.75 Å². The summed E-state index contributed by atoms with van der Waals surface area (Å²) < 4.78 is 2.10. The lowest BCUT2D eigenvalue weighted by Crippen LogP contribution is -2.35. The Labute approximate surface area is 106 Å². The second-order valence-corrected chi connectivity index (χ2v) is 4.68. The van der Waals surface area contributed by atoms with Crippen molar-refractivity contribution in [1.82, 2.24) is 19.7 Å². The van der Waals surface area contributed by atoms with Gasteiger partial charge in [0.25, 0.3) is 0 Å². The fourth-order valence-electron chi connectivity index (χ4n) is 2.38. The Hall–Kier alpha value is -1.88. The van der Waals surface area contributed by atoms with Gasteiger partial charge in [0.1, 0.15) is 17.9 Å². The zero-order valence-electron chi connectivity index (χ0n) is 10.3. The van der Waals surface area contributed by atoms with Crippen LogP contribution in [-0.2, 0) is 13.1 Å². The van der Waals surface area contributed by atoms with Crippen LogP contribution in [0.15, 0.2) is 30.6 Å². The van der Waals surface area contributed by atoms with Gasteiger partial charge < -0.3 is 9.67 Å². The number of fused-ring (bicyclic) bond motifs is 1. The molecule has 2 heterocycles. The molecular weight excluding hydrogens is 228 g/mol. The molecule has 1 aromatic heterocycles. The number of rotatable bonds is 2. The number of phenolic OH excluding ortho intramolecular Hbond substituents is 1. The van der Waals surface area contributed by atoms with E-state index in [0.717, 1.165) is 25.5 Å². The minimum atomic E-state index is 0.310. The lowest BCUT2D eigenvalue weighted by Gasteiger charge is -2.32. The molecule has 1 aliphatic rings. The van der Waals surface area contributed by atoms with E-state index in [9.17, 15) is 5.11 Å². The zero-order chi connectivity index (χ0) is 12.5. The van der Waals surface area contributed by atoms with Crippen LogP contribution in [0.3, 0.4) is 0 Å². The first-order valence-electron chi connectivity index (χ1n) is 6.14. The van der Waals surface area contributed by atoms with Crippen molar-refractivity contribution >= 4 is 0 Å². The third-order valence-electron chi connectivity index (χ3n) is 3.59. The number of hydrogen-bond acceptors (Lipinski definition) is 4. The molecule has 0 radical (unpaired) electrons. The summed E-state index contributed by atoms with van der Waals surface area (Å²) in [5.41, 5.74) is 1.21. The molecule has 2 aromatic rings. The molecule has 5 heteroatoms. The van der Waals surface area contributed by atoms with Crippen LogP contribution < -0.4 is 0 Å². The Kier molecular flexibility index (Phi) is 2.76. The summed E-state index contributed by atoms with van der Waals surface area (Å²) in [7, 11) is 0. The van der Waals surface area contributed by atoms with Gasteiger partial charge in [-0.05, 0) is 24.6 Å². The second kappa shape index (κ2) is 4.42. The highest BCUT2D eigenvalue weighted by atomic mass is 16.3. The maximum atomic E-state index is 9.32. The zero-order valence-corrected chi connectivity index (χ0v) is 10.3. The molecule has 0 saturated heterocycles. The van der Waals surface area contributed by atoms with Gasteiger partial charge in [-0.2, -0.15) is 0 Å². The van der Waals surface area contributed by atoms with E-state index in [4.69, 9.17) is 0 Å². The molecule has 5 nitrogen and oxygen atoms in total. The Bertz CT molecular complexity index is 534. The molecule has 1 aromatic carbocycles. The Morgan fingerprint density at radius 1 is 1.22 bits per heavy atom. The van der Waals surface area contributed by atoms with Crippen molar-refractivity contribution in [2.75, 3.05) is 6.54 Å². The van der Waals surface area contributed by atoms with E-state index in [2.05, 4.69) is 26.6 Å². The van der Waals surface area contributed by atoms with Crippen LogP contribution >= 0.6 is 0 Å². The fraction of sp³-hybridized carbons (Fsp3) is 0.385. The average molecular weight is 244 g/mol. The lowest BCUT2D eigenvalue weighted by atomic mass is 10.1. The van der Waals surface area contributed by atoms with E-state index in [1.54, 1.807) is 18.5 Å². The second-order valence-electron chi connectivity index (χ2n) is 4.68. The maximum absolute atomic E-state index is 9.32. The highest BCUT2D eigenvalue weighted by molar-refractivity contribution is 5.27. The number of aromatic nitrogens is 3. The topological polar surface area (TPSA) is 54.2 Å². The SMILES string of the molecule is CC(c1ccc(O)cc1)N1CCn2cnnc2C1. The first-order valence-corrected chi connectivity index (χ1v) is 6.14. The van der Waals surface area contributed by atoms with Crippen molar-refractivity contribution in [3.63, 3.8) is 0 Å². The molecule has 0 saturated carbocycles. The summed E-state index contributed by atoms with van der Waals surface area (Å²) in [6.45, 7) is 4.93. The normalized spacial score (nSPS) is 17.4. The number of aromatic hydroxyl groups is 1. The average Bonchev–Trinajstić information content (AvgIpc) is 2.86. The van der Waals surface area contributed by atoms with Crippen LogP contribution in [0.2, 0.25) is 0 Å². The molecule has 1 unspecified atom stereocenters. The summed E-state index contributed by atoms with van der Waals surface area (Å²) >= 11 is 0. The van der Waals surface area contributed by atoms with E-state index in [1.807, 2.05) is 12.1 Å². The number of benzene rings is 1. The van der Waals surface area contributed by atoms with Crippen molar-refractivity contribution in [3.05, 3.63) is 42.0 Å². The molecule has 1 N–H and O–H groups in total. The standard InChI is InChI=1S/C13H16N4O/c1-10(11-2-4-12(18)5-3-11)16-6-7-17-9-14-15-13(17)8-16/h2-5,9-10,18H,6-8H2,1H3. The van der Waals surface area contributed by atoms with E-state index >= 15 is 0 Å². The molecule has 0 bridgehead atoms. The lowest BCUT2D eigenvalue weighted by molar-refractivity contribution is 0.163. The van der Waals surface area contributed by atoms with Gasteiger partial charge in [-0.1, -0.05) is 12.1 Å². The fourth-order valence-corrected chi connectivity index (χ4v) is 2.38. The summed E-state index contributed by atoms with van der Waals surface area (Å²) in [6.07, 6.45) is 1.79. The molecule has 0 aliphatic carbocycles. The van der Waals surface area contributed by atoms with Crippen molar-refractivity contribution in [1.29, 1.82) is 0 Å². The largest absolute Gasteiger partial charge is 0.508 e. The van der Waals surface area contributed by atoms with Gasteiger partial charge in [-0.25, -0.2) is 0 Å². The van der Waals surface area contributed by atoms with Crippen LogP contribution in [0.4, 0.5) is 0 Å². The van der Waals surface area contributed by atoms with E-state index in [0.29, 0.717) is 11.8 Å². The van der Waals surface area contributed by atoms with Gasteiger partial charge in [0.2, 0.25) is 0 Å². The van der Waals surface area contributed by atoms with Crippen molar-refractivity contribution in [2.45, 2.75) is 26.1 Å². The molecule has 1 atom stereocenters. The van der Waals surface area contributed by atoms with Crippen LogP contribution in [0.25, 0.3) is 0 Å². The van der Waals surface area contributed by atoms with Gasteiger partial charge in [0.15, 0.2) is 0 Å². The van der Waals surface area contributed by atoms with Crippen LogP contribution in [0.1, 0.15) is 24.4 Å². The Morgan fingerprint density at radius 2 is 2.00 bits per heavy atom. The van der Waals surface area contributed by atoms with Crippen molar-refractivity contribution in [3.8, 4) is 5.75 Å².